The zero-order valence-electron chi connectivity index (χ0n) is 11.4. The molecule has 2 rings (SSSR count). The van der Waals surface area contributed by atoms with Gasteiger partial charge in [0.15, 0.2) is 5.78 Å². The number of hydrogen-bond acceptors (Lipinski definition) is 2. The molecule has 2 aromatic rings. The number of ketones is 1. The van der Waals surface area contributed by atoms with Crippen molar-refractivity contribution in [1.29, 1.82) is 0 Å². The molecular weight excluding hydrogens is 243 g/mol. The van der Waals surface area contributed by atoms with Gasteiger partial charge in [0, 0.05) is 12.7 Å². The molecule has 0 N–H and O–H groups in total. The predicted molar refractivity (Wildman–Crippen MR) is 71.7 cm³/mol. The number of benzene rings is 1. The molecule has 1 aromatic carbocycles. The van der Waals surface area contributed by atoms with E-state index in [9.17, 15) is 9.18 Å². The van der Waals surface area contributed by atoms with Crippen LogP contribution in [0, 0.1) is 5.82 Å². The first kappa shape index (κ1) is 13.5. The molecule has 0 radical (unpaired) electrons. The van der Waals surface area contributed by atoms with Crippen molar-refractivity contribution in [3.63, 3.8) is 0 Å². The molecule has 0 aliphatic carbocycles. The number of rotatable bonds is 4. The molecule has 0 fully saturated rings. The second-order valence-corrected chi connectivity index (χ2v) is 5.05. The van der Waals surface area contributed by atoms with E-state index in [2.05, 4.69) is 5.10 Å². The van der Waals surface area contributed by atoms with Gasteiger partial charge in [-0.3, -0.25) is 9.48 Å². The van der Waals surface area contributed by atoms with Crippen LogP contribution in [0.15, 0.2) is 36.7 Å². The molecule has 0 aliphatic heterocycles. The lowest BCUT2D eigenvalue weighted by Gasteiger charge is -2.23. The van der Waals surface area contributed by atoms with E-state index >= 15 is 0 Å². The van der Waals surface area contributed by atoms with Crippen molar-refractivity contribution in [2.45, 2.75) is 32.7 Å². The van der Waals surface area contributed by atoms with E-state index < -0.39 is 5.41 Å². The summed E-state index contributed by atoms with van der Waals surface area (Å²) in [4.78, 5) is 12.5. The highest BCUT2D eigenvalue weighted by molar-refractivity contribution is 6.03. The van der Waals surface area contributed by atoms with Crippen LogP contribution in [0.1, 0.15) is 36.7 Å². The van der Waals surface area contributed by atoms with Crippen molar-refractivity contribution >= 4 is 5.78 Å². The highest BCUT2D eigenvalue weighted by Crippen LogP contribution is 2.27. The van der Waals surface area contributed by atoms with Crippen LogP contribution >= 0.6 is 0 Å². The Balaban J connectivity index is 2.32. The molecule has 0 saturated carbocycles. The van der Waals surface area contributed by atoms with E-state index in [1.807, 2.05) is 20.8 Å². The summed E-state index contributed by atoms with van der Waals surface area (Å²) < 4.78 is 14.7. The normalized spacial score (nSPS) is 11.6. The summed E-state index contributed by atoms with van der Waals surface area (Å²) in [6.45, 7) is 6.37. The highest BCUT2D eigenvalue weighted by atomic mass is 19.1. The van der Waals surface area contributed by atoms with Crippen LogP contribution in [0.3, 0.4) is 0 Å². The highest BCUT2D eigenvalue weighted by Gasteiger charge is 2.31. The van der Waals surface area contributed by atoms with Gasteiger partial charge in [0.05, 0.1) is 17.2 Å². The molecule has 100 valence electrons. The Bertz CT molecular complexity index is 584. The first-order valence-electron chi connectivity index (χ1n) is 6.28. The number of aryl methyl sites for hydroxylation is 1. The van der Waals surface area contributed by atoms with Crippen molar-refractivity contribution < 1.29 is 9.18 Å². The lowest BCUT2D eigenvalue weighted by molar-refractivity contribution is 0.0908. The molecular formula is C15H17FN2O. The zero-order chi connectivity index (χ0) is 14.0. The number of Topliss-reactive ketones (excluding diaryl/α,β-unsaturated/α-hetero) is 1. The Morgan fingerprint density at radius 3 is 2.47 bits per heavy atom. The van der Waals surface area contributed by atoms with E-state index in [4.69, 9.17) is 0 Å². The van der Waals surface area contributed by atoms with Crippen LogP contribution < -0.4 is 0 Å². The molecule has 0 aliphatic rings. The minimum atomic E-state index is -0.699. The molecule has 4 heteroatoms. The van der Waals surface area contributed by atoms with Crippen molar-refractivity contribution in [2.75, 3.05) is 0 Å². The van der Waals surface area contributed by atoms with Gasteiger partial charge >= 0.3 is 0 Å². The molecule has 1 aromatic heterocycles. The third kappa shape index (κ3) is 2.57. The van der Waals surface area contributed by atoms with Crippen molar-refractivity contribution in [3.05, 3.63) is 53.6 Å². The second-order valence-electron chi connectivity index (χ2n) is 5.05. The summed E-state index contributed by atoms with van der Waals surface area (Å²) >= 11 is 0. The first-order chi connectivity index (χ1) is 8.95. The second kappa shape index (κ2) is 4.96. The minimum Gasteiger partial charge on any atom is -0.293 e. The summed E-state index contributed by atoms with van der Waals surface area (Å²) in [5.74, 6) is -0.315. The van der Waals surface area contributed by atoms with Gasteiger partial charge in [0.25, 0.3) is 0 Å². The fourth-order valence-electron chi connectivity index (χ4n) is 2.01. The maximum Gasteiger partial charge on any atom is 0.175 e. The van der Waals surface area contributed by atoms with E-state index in [0.717, 1.165) is 12.1 Å². The van der Waals surface area contributed by atoms with Crippen LogP contribution in [-0.2, 0) is 12.0 Å². The fourth-order valence-corrected chi connectivity index (χ4v) is 2.01. The van der Waals surface area contributed by atoms with Gasteiger partial charge in [-0.1, -0.05) is 12.1 Å². The Labute approximate surface area is 112 Å². The van der Waals surface area contributed by atoms with Gasteiger partial charge in [-0.2, -0.15) is 5.10 Å². The molecule has 0 amide bonds. The Kier molecular flexibility index (Phi) is 3.51. The third-order valence-electron chi connectivity index (χ3n) is 3.35. The average molecular weight is 260 g/mol. The van der Waals surface area contributed by atoms with E-state index in [-0.39, 0.29) is 11.6 Å². The smallest absolute Gasteiger partial charge is 0.175 e. The molecule has 0 bridgehead atoms. The predicted octanol–water partition coefficient (Wildman–Crippen LogP) is 3.20. The minimum absolute atomic E-state index is 0.0150. The van der Waals surface area contributed by atoms with E-state index in [1.54, 1.807) is 29.2 Å². The van der Waals surface area contributed by atoms with Gasteiger partial charge in [-0.05, 0) is 38.5 Å². The van der Waals surface area contributed by atoms with Gasteiger partial charge in [0.2, 0.25) is 0 Å². The van der Waals surface area contributed by atoms with Crippen molar-refractivity contribution in [3.8, 4) is 0 Å². The SMILES string of the molecule is CCn1cc(C(=O)C(C)(C)c2ccc(F)cc2)cn1. The summed E-state index contributed by atoms with van der Waals surface area (Å²) in [6.07, 6.45) is 3.32. The molecule has 3 nitrogen and oxygen atoms in total. The zero-order valence-corrected chi connectivity index (χ0v) is 11.4. The molecule has 0 spiro atoms. The van der Waals surface area contributed by atoms with Gasteiger partial charge < -0.3 is 0 Å². The number of aromatic nitrogens is 2. The molecule has 0 saturated heterocycles. The molecule has 19 heavy (non-hydrogen) atoms. The van der Waals surface area contributed by atoms with Gasteiger partial charge in [0.1, 0.15) is 5.82 Å². The summed E-state index contributed by atoms with van der Waals surface area (Å²) in [6, 6.07) is 6.05. The van der Waals surface area contributed by atoms with Crippen LogP contribution in [0.25, 0.3) is 0 Å². The number of carbonyl (C=O) groups is 1. The van der Waals surface area contributed by atoms with Gasteiger partial charge in [-0.15, -0.1) is 0 Å². The van der Waals surface area contributed by atoms with Crippen LogP contribution in [-0.4, -0.2) is 15.6 Å². The average Bonchev–Trinajstić information content (AvgIpc) is 2.87. The Morgan fingerprint density at radius 2 is 1.95 bits per heavy atom. The molecule has 0 atom stereocenters. The quantitative estimate of drug-likeness (QED) is 0.791. The first-order valence-corrected chi connectivity index (χ1v) is 6.28. The van der Waals surface area contributed by atoms with E-state index in [1.165, 1.54) is 12.1 Å². The van der Waals surface area contributed by atoms with Gasteiger partial charge in [-0.25, -0.2) is 4.39 Å². The monoisotopic (exact) mass is 260 g/mol. The Hall–Kier alpha value is -1.97. The fraction of sp³-hybridized carbons (Fsp3) is 0.333. The third-order valence-corrected chi connectivity index (χ3v) is 3.35. The summed E-state index contributed by atoms with van der Waals surface area (Å²) in [7, 11) is 0. The maximum absolute atomic E-state index is 12.9. The Morgan fingerprint density at radius 1 is 1.32 bits per heavy atom. The van der Waals surface area contributed by atoms with Crippen LogP contribution in [0.4, 0.5) is 4.39 Å². The number of nitrogens with zero attached hydrogens (tertiary/aromatic N) is 2. The lowest BCUT2D eigenvalue weighted by Crippen LogP contribution is -2.28. The number of carbonyl (C=O) groups excluding carboxylic acids is 1. The van der Waals surface area contributed by atoms with Crippen molar-refractivity contribution in [1.82, 2.24) is 9.78 Å². The summed E-state index contributed by atoms with van der Waals surface area (Å²) in [5.41, 5.74) is 0.675. The van der Waals surface area contributed by atoms with Crippen molar-refractivity contribution in [2.24, 2.45) is 0 Å². The lowest BCUT2D eigenvalue weighted by atomic mass is 9.78. The van der Waals surface area contributed by atoms with E-state index in [0.29, 0.717) is 5.56 Å². The standard InChI is InChI=1S/C15H17FN2O/c1-4-18-10-11(9-17-18)14(19)15(2,3)12-5-7-13(16)8-6-12/h5-10H,4H2,1-3H3. The van der Waals surface area contributed by atoms with Crippen LogP contribution in [0.5, 0.6) is 0 Å². The number of hydrogen-bond donors (Lipinski definition) is 0. The topological polar surface area (TPSA) is 34.9 Å². The molecule has 0 unspecified atom stereocenters. The maximum atomic E-state index is 12.9. The largest absolute Gasteiger partial charge is 0.293 e. The number of halogens is 1. The molecule has 1 heterocycles. The van der Waals surface area contributed by atoms with Crippen LogP contribution in [0.2, 0.25) is 0 Å². The summed E-state index contributed by atoms with van der Waals surface area (Å²) in [5, 5.41) is 4.11.